The van der Waals surface area contributed by atoms with Gasteiger partial charge in [-0.2, -0.15) is 0 Å². The van der Waals surface area contributed by atoms with Crippen molar-refractivity contribution in [1.29, 1.82) is 0 Å². The van der Waals surface area contributed by atoms with Gasteiger partial charge in [-0.05, 0) is 87.1 Å². The molecule has 0 heterocycles. The third-order valence-electron chi connectivity index (χ3n) is 5.87. The van der Waals surface area contributed by atoms with E-state index in [4.69, 9.17) is 24.4 Å². The van der Waals surface area contributed by atoms with Gasteiger partial charge in [0.2, 0.25) is 0 Å². The van der Waals surface area contributed by atoms with Crippen molar-refractivity contribution in [3.8, 4) is 0 Å². The number of rotatable bonds is 14. The van der Waals surface area contributed by atoms with Gasteiger partial charge in [-0.3, -0.25) is 0 Å². The number of benzene rings is 2. The molecule has 0 saturated carbocycles. The molecule has 4 N–H and O–H groups in total. The summed E-state index contributed by atoms with van der Waals surface area (Å²) in [5.41, 5.74) is 5.67. The summed E-state index contributed by atoms with van der Waals surface area (Å²) in [6.45, 7) is 7.01. The number of aryl methyl sites for hydroxylation is 1. The number of hydrogen-bond acceptors (Lipinski definition) is 3. The number of thiocarbonyl (C=S) groups is 2. The van der Waals surface area contributed by atoms with Gasteiger partial charge in [0, 0.05) is 31.0 Å². The van der Waals surface area contributed by atoms with Gasteiger partial charge < -0.3 is 26.2 Å². The molecule has 0 aliphatic heterocycles. The maximum atomic E-state index is 5.55. The molecule has 0 radical (unpaired) electrons. The number of nitrogens with zero attached hydrogens (tertiary/aromatic N) is 1. The lowest BCUT2D eigenvalue weighted by atomic mass is 10.0. The fraction of sp³-hybridized carbons (Fsp3) is 0.500. The Hall–Kier alpha value is -2.22. The first-order chi connectivity index (χ1) is 16.9. The molecule has 0 aliphatic carbocycles. The van der Waals surface area contributed by atoms with Crippen molar-refractivity contribution in [2.75, 3.05) is 44.4 Å². The molecular formula is C28H43N5S2. The van der Waals surface area contributed by atoms with Crippen LogP contribution in [-0.4, -0.2) is 48.9 Å². The van der Waals surface area contributed by atoms with Gasteiger partial charge in [-0.1, -0.05) is 69.4 Å². The third kappa shape index (κ3) is 11.8. The molecule has 0 amide bonds. The Balaban J connectivity index is 1.91. The Bertz CT molecular complexity index is 929. The number of likely N-dealkylation sites (N-methyl/N-ethyl adjacent to an activating group) is 1. The van der Waals surface area contributed by atoms with Crippen molar-refractivity contribution < 1.29 is 0 Å². The van der Waals surface area contributed by atoms with E-state index >= 15 is 0 Å². The van der Waals surface area contributed by atoms with Crippen LogP contribution in [0.3, 0.4) is 0 Å². The average molecular weight is 514 g/mol. The maximum Gasteiger partial charge on any atom is 0.170 e. The lowest BCUT2D eigenvalue weighted by Gasteiger charge is -2.17. The molecule has 0 bridgehead atoms. The molecule has 35 heavy (non-hydrogen) atoms. The van der Waals surface area contributed by atoms with Crippen LogP contribution in [0.2, 0.25) is 0 Å². The SMILES string of the molecule is CCCCCCCCNC(=S)Nc1cc(Cc2ccccc2NC(=S)NCCN(C)C)ccc1C. The van der Waals surface area contributed by atoms with Crippen LogP contribution in [0.25, 0.3) is 0 Å². The monoisotopic (exact) mass is 513 g/mol. The molecule has 0 saturated heterocycles. The van der Waals surface area contributed by atoms with E-state index in [1.807, 2.05) is 6.07 Å². The van der Waals surface area contributed by atoms with Crippen LogP contribution < -0.4 is 21.3 Å². The van der Waals surface area contributed by atoms with Crippen LogP contribution in [0, 0.1) is 6.92 Å². The Kier molecular flexibility index (Phi) is 13.6. The van der Waals surface area contributed by atoms with Gasteiger partial charge in [0.25, 0.3) is 0 Å². The fourth-order valence-corrected chi connectivity index (χ4v) is 4.19. The van der Waals surface area contributed by atoms with Crippen molar-refractivity contribution in [2.45, 2.75) is 58.8 Å². The highest BCUT2D eigenvalue weighted by molar-refractivity contribution is 7.80. The molecule has 5 nitrogen and oxygen atoms in total. The van der Waals surface area contributed by atoms with E-state index in [9.17, 15) is 0 Å². The van der Waals surface area contributed by atoms with Crippen molar-refractivity contribution in [3.05, 3.63) is 59.2 Å². The van der Waals surface area contributed by atoms with Gasteiger partial charge >= 0.3 is 0 Å². The van der Waals surface area contributed by atoms with E-state index in [1.54, 1.807) is 0 Å². The smallest absolute Gasteiger partial charge is 0.170 e. The molecule has 0 unspecified atom stereocenters. The number of para-hydroxylation sites is 1. The van der Waals surface area contributed by atoms with E-state index in [2.05, 4.69) is 90.5 Å². The lowest BCUT2D eigenvalue weighted by Crippen LogP contribution is -2.34. The number of nitrogens with one attached hydrogen (secondary N) is 4. The standard InChI is InChI=1S/C28H43N5S2/c1-5-6-7-8-9-12-17-29-27(34)32-26-21-23(16-15-22(26)2)20-24-13-10-11-14-25(24)31-28(35)30-18-19-33(3)4/h10-11,13-16,21H,5-9,12,17-20H2,1-4H3,(H2,29,32,34)(H2,30,31,35). The second kappa shape index (κ2) is 16.5. The Morgan fingerprint density at radius 2 is 1.46 bits per heavy atom. The van der Waals surface area contributed by atoms with Gasteiger partial charge in [0.05, 0.1) is 0 Å². The highest BCUT2D eigenvalue weighted by atomic mass is 32.1. The predicted octanol–water partition coefficient (Wildman–Crippen LogP) is 6.08. The quantitative estimate of drug-likeness (QED) is 0.180. The molecule has 0 fully saturated rings. The minimum absolute atomic E-state index is 0.646. The zero-order valence-electron chi connectivity index (χ0n) is 21.9. The minimum atomic E-state index is 0.646. The largest absolute Gasteiger partial charge is 0.362 e. The minimum Gasteiger partial charge on any atom is -0.362 e. The van der Waals surface area contributed by atoms with E-state index < -0.39 is 0 Å². The van der Waals surface area contributed by atoms with Crippen molar-refractivity contribution in [1.82, 2.24) is 15.5 Å². The molecule has 0 spiro atoms. The first-order valence-corrected chi connectivity index (χ1v) is 13.6. The number of anilines is 2. The second-order valence-corrected chi connectivity index (χ2v) is 10.1. The molecule has 192 valence electrons. The van der Waals surface area contributed by atoms with E-state index in [0.717, 1.165) is 43.9 Å². The van der Waals surface area contributed by atoms with E-state index in [0.29, 0.717) is 10.2 Å². The second-order valence-electron chi connectivity index (χ2n) is 9.32. The first kappa shape index (κ1) is 29.0. The molecule has 2 aromatic carbocycles. The fourth-order valence-electron chi connectivity index (χ4n) is 3.76. The normalized spacial score (nSPS) is 10.8. The molecule has 2 aromatic rings. The van der Waals surface area contributed by atoms with Crippen molar-refractivity contribution in [3.63, 3.8) is 0 Å². The van der Waals surface area contributed by atoms with Gasteiger partial charge in [0.1, 0.15) is 0 Å². The summed E-state index contributed by atoms with van der Waals surface area (Å²) in [7, 11) is 4.10. The Morgan fingerprint density at radius 3 is 2.20 bits per heavy atom. The Morgan fingerprint density at radius 1 is 0.800 bits per heavy atom. The topological polar surface area (TPSA) is 51.4 Å². The predicted molar refractivity (Wildman–Crippen MR) is 161 cm³/mol. The van der Waals surface area contributed by atoms with Crippen LogP contribution in [0.4, 0.5) is 11.4 Å². The van der Waals surface area contributed by atoms with E-state index in [-0.39, 0.29) is 0 Å². The summed E-state index contributed by atoms with van der Waals surface area (Å²) < 4.78 is 0. The van der Waals surface area contributed by atoms with Crippen LogP contribution in [0.5, 0.6) is 0 Å². The van der Waals surface area contributed by atoms with Crippen molar-refractivity contribution >= 4 is 46.0 Å². The third-order valence-corrected chi connectivity index (χ3v) is 6.36. The van der Waals surface area contributed by atoms with E-state index in [1.165, 1.54) is 48.8 Å². The molecule has 0 aliphatic rings. The molecule has 2 rings (SSSR count). The first-order valence-electron chi connectivity index (χ1n) is 12.8. The van der Waals surface area contributed by atoms with Crippen molar-refractivity contribution in [2.24, 2.45) is 0 Å². The summed E-state index contributed by atoms with van der Waals surface area (Å²) in [5, 5.41) is 14.7. The van der Waals surface area contributed by atoms with Crippen LogP contribution >= 0.6 is 24.4 Å². The van der Waals surface area contributed by atoms with Gasteiger partial charge in [-0.15, -0.1) is 0 Å². The van der Waals surface area contributed by atoms with Crippen LogP contribution in [0.1, 0.15) is 62.1 Å². The van der Waals surface area contributed by atoms with Crippen LogP contribution in [0.15, 0.2) is 42.5 Å². The molecule has 0 atom stereocenters. The molecular weight excluding hydrogens is 470 g/mol. The number of hydrogen-bond donors (Lipinski definition) is 4. The highest BCUT2D eigenvalue weighted by Gasteiger charge is 2.08. The summed E-state index contributed by atoms with van der Waals surface area (Å²) in [6.07, 6.45) is 8.48. The molecule has 7 heteroatoms. The number of unbranched alkanes of at least 4 members (excludes halogenated alkanes) is 5. The zero-order valence-corrected chi connectivity index (χ0v) is 23.5. The summed E-state index contributed by atoms with van der Waals surface area (Å²) in [6, 6.07) is 14.8. The lowest BCUT2D eigenvalue weighted by molar-refractivity contribution is 0.413. The average Bonchev–Trinajstić information content (AvgIpc) is 2.81. The summed E-state index contributed by atoms with van der Waals surface area (Å²) in [4.78, 5) is 2.13. The zero-order chi connectivity index (χ0) is 25.5. The molecule has 0 aromatic heterocycles. The maximum absolute atomic E-state index is 5.55. The summed E-state index contributed by atoms with van der Waals surface area (Å²) in [5.74, 6) is 0. The Labute approximate surface area is 223 Å². The highest BCUT2D eigenvalue weighted by Crippen LogP contribution is 2.23. The van der Waals surface area contributed by atoms with Gasteiger partial charge in [0.15, 0.2) is 10.2 Å². The van der Waals surface area contributed by atoms with Gasteiger partial charge in [-0.25, -0.2) is 0 Å². The summed E-state index contributed by atoms with van der Waals surface area (Å²) >= 11 is 11.0. The van der Waals surface area contributed by atoms with Crippen LogP contribution in [-0.2, 0) is 6.42 Å².